The minimum atomic E-state index is -4.67. The summed E-state index contributed by atoms with van der Waals surface area (Å²) in [6, 6.07) is 9.07. The Labute approximate surface area is 213 Å². The van der Waals surface area contributed by atoms with E-state index < -0.39 is 24.4 Å². The Kier molecular flexibility index (Phi) is 6.73. The van der Waals surface area contributed by atoms with Crippen molar-refractivity contribution in [2.24, 2.45) is 0 Å². The lowest BCUT2D eigenvalue weighted by Gasteiger charge is -2.28. The van der Waals surface area contributed by atoms with Gasteiger partial charge >= 0.3 is 12.2 Å². The average molecular weight is 528 g/mol. The summed E-state index contributed by atoms with van der Waals surface area (Å²) < 4.78 is 45.1. The molecule has 0 saturated carbocycles. The highest BCUT2D eigenvalue weighted by Crippen LogP contribution is 2.34. The first-order chi connectivity index (χ1) is 18.2. The number of fused-ring (bicyclic) bond motifs is 1. The SMILES string of the molecule is Nc1n[nH]c2c(N3CCOCC3)nc(-c3ccc(NC(=O)Nc4ccc(CO)c(C(F)(F)F)c4)cc3)nc12. The molecule has 0 radical (unpaired) electrons. The molecule has 1 aliphatic heterocycles. The minimum absolute atomic E-state index is 0.0707. The molecule has 0 aliphatic carbocycles. The normalized spacial score (nSPS) is 14.1. The van der Waals surface area contributed by atoms with E-state index in [4.69, 9.17) is 20.6 Å². The fourth-order valence-corrected chi connectivity index (χ4v) is 4.09. The van der Waals surface area contributed by atoms with E-state index in [0.29, 0.717) is 60.2 Å². The van der Waals surface area contributed by atoms with E-state index in [0.717, 1.165) is 12.1 Å². The molecule has 0 unspecified atom stereocenters. The Morgan fingerprint density at radius 3 is 2.45 bits per heavy atom. The third kappa shape index (κ3) is 5.17. The Bertz CT molecular complexity index is 1470. The minimum Gasteiger partial charge on any atom is -0.392 e. The maximum atomic E-state index is 13.2. The molecule has 0 bridgehead atoms. The molecule has 38 heavy (non-hydrogen) atoms. The number of aromatic nitrogens is 4. The summed E-state index contributed by atoms with van der Waals surface area (Å²) in [4.78, 5) is 23.7. The predicted molar refractivity (Wildman–Crippen MR) is 135 cm³/mol. The molecule has 3 heterocycles. The number of urea groups is 1. The van der Waals surface area contributed by atoms with Crippen LogP contribution in [0.25, 0.3) is 22.4 Å². The Morgan fingerprint density at radius 2 is 1.76 bits per heavy atom. The zero-order valence-electron chi connectivity index (χ0n) is 19.8. The number of hydrogen-bond acceptors (Lipinski definition) is 8. The van der Waals surface area contributed by atoms with Crippen LogP contribution in [0.3, 0.4) is 0 Å². The van der Waals surface area contributed by atoms with Crippen LogP contribution >= 0.6 is 0 Å². The molecule has 1 aliphatic rings. The molecule has 6 N–H and O–H groups in total. The third-order valence-electron chi connectivity index (χ3n) is 5.98. The van der Waals surface area contributed by atoms with E-state index in [9.17, 15) is 18.0 Å². The van der Waals surface area contributed by atoms with Crippen LogP contribution in [0.2, 0.25) is 0 Å². The number of alkyl halides is 3. The summed E-state index contributed by atoms with van der Waals surface area (Å²) in [7, 11) is 0. The monoisotopic (exact) mass is 528 g/mol. The number of carbonyl (C=O) groups is 1. The number of carbonyl (C=O) groups excluding carboxylic acids is 1. The molecule has 1 saturated heterocycles. The van der Waals surface area contributed by atoms with Crippen molar-refractivity contribution in [2.45, 2.75) is 12.8 Å². The molecule has 2 aromatic carbocycles. The maximum absolute atomic E-state index is 13.2. The number of morpholine rings is 1. The van der Waals surface area contributed by atoms with Gasteiger partial charge in [0.2, 0.25) is 0 Å². The molecule has 1 fully saturated rings. The molecular weight excluding hydrogens is 505 g/mol. The van der Waals surface area contributed by atoms with Gasteiger partial charge in [0.15, 0.2) is 17.5 Å². The van der Waals surface area contributed by atoms with Crippen molar-refractivity contribution in [3.8, 4) is 11.4 Å². The molecule has 5 rings (SSSR count). The van der Waals surface area contributed by atoms with Crippen molar-refractivity contribution in [1.29, 1.82) is 0 Å². The number of aromatic amines is 1. The van der Waals surface area contributed by atoms with Gasteiger partial charge in [-0.05, 0) is 42.0 Å². The van der Waals surface area contributed by atoms with E-state index in [2.05, 4.69) is 30.7 Å². The topological polar surface area (TPSA) is 154 Å². The molecule has 0 spiro atoms. The van der Waals surface area contributed by atoms with Crippen molar-refractivity contribution in [3.63, 3.8) is 0 Å². The van der Waals surface area contributed by atoms with Crippen molar-refractivity contribution in [2.75, 3.05) is 47.6 Å². The highest BCUT2D eigenvalue weighted by molar-refractivity contribution is 6.00. The number of nitrogens with one attached hydrogen (secondary N) is 3. The zero-order valence-corrected chi connectivity index (χ0v) is 19.8. The Hall–Kier alpha value is -4.43. The Balaban J connectivity index is 1.34. The number of aliphatic hydroxyl groups is 1. The lowest BCUT2D eigenvalue weighted by Crippen LogP contribution is -2.37. The van der Waals surface area contributed by atoms with Gasteiger partial charge in [-0.1, -0.05) is 6.07 Å². The van der Waals surface area contributed by atoms with E-state index in [-0.39, 0.29) is 17.1 Å². The van der Waals surface area contributed by atoms with Crippen LogP contribution in [0, 0.1) is 0 Å². The lowest BCUT2D eigenvalue weighted by molar-refractivity contribution is -0.138. The number of nitrogen functional groups attached to an aromatic ring is 1. The van der Waals surface area contributed by atoms with Crippen molar-refractivity contribution < 1.29 is 27.8 Å². The number of ether oxygens (including phenoxy) is 1. The van der Waals surface area contributed by atoms with Gasteiger partial charge in [0.1, 0.15) is 11.0 Å². The fourth-order valence-electron chi connectivity index (χ4n) is 4.09. The van der Waals surface area contributed by atoms with Crippen LogP contribution in [0.15, 0.2) is 42.5 Å². The number of nitrogens with two attached hydrogens (primary N) is 1. The van der Waals surface area contributed by atoms with Gasteiger partial charge in [-0.15, -0.1) is 0 Å². The number of H-pyrrole nitrogens is 1. The molecule has 198 valence electrons. The van der Waals surface area contributed by atoms with E-state index in [1.807, 2.05) is 0 Å². The van der Waals surface area contributed by atoms with Gasteiger partial charge < -0.3 is 31.1 Å². The zero-order chi connectivity index (χ0) is 26.9. The van der Waals surface area contributed by atoms with E-state index in [1.54, 1.807) is 24.3 Å². The van der Waals surface area contributed by atoms with Gasteiger partial charge in [-0.25, -0.2) is 14.8 Å². The summed E-state index contributed by atoms with van der Waals surface area (Å²) >= 11 is 0. The number of anilines is 4. The summed E-state index contributed by atoms with van der Waals surface area (Å²) in [5.41, 5.74) is 6.80. The third-order valence-corrected chi connectivity index (χ3v) is 5.98. The van der Waals surface area contributed by atoms with Crippen LogP contribution in [0.4, 0.5) is 41.0 Å². The van der Waals surface area contributed by atoms with Gasteiger partial charge in [0.05, 0.1) is 25.4 Å². The van der Waals surface area contributed by atoms with E-state index >= 15 is 0 Å². The summed E-state index contributed by atoms with van der Waals surface area (Å²) in [6.45, 7) is 1.66. The highest BCUT2D eigenvalue weighted by atomic mass is 19.4. The standard InChI is InChI=1S/C24H23F3N8O3/c25-24(26,27)17-11-16(6-3-14(17)12-36)30-23(37)29-15-4-1-13(2-5-15)21-31-18-19(33-34-20(18)28)22(32-21)35-7-9-38-10-8-35/h1-6,11,36H,7-10,12H2,(H3,28,33,34)(H2,29,30,37). The van der Waals surface area contributed by atoms with Crippen LogP contribution in [-0.2, 0) is 17.5 Å². The van der Waals surface area contributed by atoms with Crippen LogP contribution in [-0.4, -0.2) is 57.6 Å². The number of halogens is 3. The molecule has 11 nitrogen and oxygen atoms in total. The number of aliphatic hydroxyl groups excluding tert-OH is 1. The summed E-state index contributed by atoms with van der Waals surface area (Å²) in [5.74, 6) is 1.31. The number of nitrogens with zero attached hydrogens (tertiary/aromatic N) is 4. The molecular formula is C24H23F3N8O3. The molecule has 2 amide bonds. The maximum Gasteiger partial charge on any atom is 0.416 e. The highest BCUT2D eigenvalue weighted by Gasteiger charge is 2.33. The first-order valence-corrected chi connectivity index (χ1v) is 11.6. The van der Waals surface area contributed by atoms with E-state index in [1.165, 1.54) is 6.07 Å². The largest absolute Gasteiger partial charge is 0.416 e. The second-order valence-electron chi connectivity index (χ2n) is 8.49. The first kappa shape index (κ1) is 25.2. The van der Waals surface area contributed by atoms with Crippen molar-refractivity contribution >= 4 is 40.1 Å². The first-order valence-electron chi connectivity index (χ1n) is 11.6. The molecule has 14 heteroatoms. The van der Waals surface area contributed by atoms with Crippen molar-refractivity contribution in [3.05, 3.63) is 53.6 Å². The molecule has 0 atom stereocenters. The van der Waals surface area contributed by atoms with Crippen LogP contribution < -0.4 is 21.3 Å². The van der Waals surface area contributed by atoms with Gasteiger partial charge in [0, 0.05) is 30.0 Å². The second kappa shape index (κ2) is 10.1. The quantitative estimate of drug-likeness (QED) is 0.263. The lowest BCUT2D eigenvalue weighted by atomic mass is 10.1. The number of hydrogen-bond donors (Lipinski definition) is 5. The predicted octanol–water partition coefficient (Wildman–Crippen LogP) is 3.59. The van der Waals surface area contributed by atoms with Gasteiger partial charge in [-0.2, -0.15) is 18.3 Å². The number of amides is 2. The molecule has 2 aromatic heterocycles. The second-order valence-corrected chi connectivity index (χ2v) is 8.49. The van der Waals surface area contributed by atoms with Gasteiger partial charge in [0.25, 0.3) is 0 Å². The smallest absolute Gasteiger partial charge is 0.392 e. The summed E-state index contributed by atoms with van der Waals surface area (Å²) in [6.07, 6.45) is -4.67. The Morgan fingerprint density at radius 1 is 1.08 bits per heavy atom. The van der Waals surface area contributed by atoms with Crippen molar-refractivity contribution in [1.82, 2.24) is 20.2 Å². The number of rotatable bonds is 5. The number of benzene rings is 2. The van der Waals surface area contributed by atoms with Crippen LogP contribution in [0.5, 0.6) is 0 Å². The fraction of sp³-hybridized carbons (Fsp3) is 0.250. The van der Waals surface area contributed by atoms with Gasteiger partial charge in [-0.3, -0.25) is 5.10 Å². The molecule has 4 aromatic rings. The summed E-state index contributed by atoms with van der Waals surface area (Å²) in [5, 5.41) is 21.1. The average Bonchev–Trinajstić information content (AvgIpc) is 3.29. The van der Waals surface area contributed by atoms with Crippen LogP contribution in [0.1, 0.15) is 11.1 Å².